The first-order valence-corrected chi connectivity index (χ1v) is 10.0. The van der Waals surface area contributed by atoms with Crippen molar-refractivity contribution in [3.05, 3.63) is 47.0 Å². The minimum atomic E-state index is 0.433. The molecular formula is C21H28N6. The summed E-state index contributed by atoms with van der Waals surface area (Å²) >= 11 is 0. The number of piperidine rings is 1. The van der Waals surface area contributed by atoms with E-state index in [4.69, 9.17) is 5.26 Å². The van der Waals surface area contributed by atoms with Gasteiger partial charge in [-0.2, -0.15) is 5.26 Å². The van der Waals surface area contributed by atoms with Crippen LogP contribution in [0.15, 0.2) is 24.3 Å². The first-order chi connectivity index (χ1) is 13.2. The van der Waals surface area contributed by atoms with Crippen LogP contribution in [0.3, 0.4) is 0 Å². The van der Waals surface area contributed by atoms with Gasteiger partial charge in [0, 0.05) is 26.1 Å². The topological polar surface area (TPSA) is 61.0 Å². The first kappa shape index (κ1) is 18.1. The van der Waals surface area contributed by atoms with Crippen LogP contribution in [0.1, 0.15) is 54.4 Å². The van der Waals surface area contributed by atoms with Crippen molar-refractivity contribution in [1.29, 1.82) is 5.26 Å². The Kier molecular flexibility index (Phi) is 5.51. The summed E-state index contributed by atoms with van der Waals surface area (Å²) in [6.07, 6.45) is 4.95. The molecule has 4 rings (SSSR count). The van der Waals surface area contributed by atoms with E-state index in [1.54, 1.807) is 0 Å². The Labute approximate surface area is 161 Å². The van der Waals surface area contributed by atoms with E-state index in [0.29, 0.717) is 5.92 Å². The van der Waals surface area contributed by atoms with Crippen molar-refractivity contribution in [3.63, 3.8) is 0 Å². The molecule has 0 amide bonds. The number of benzene rings is 1. The Balaban J connectivity index is 1.42. The lowest BCUT2D eigenvalue weighted by Gasteiger charge is -2.32. The molecule has 1 aromatic carbocycles. The monoisotopic (exact) mass is 364 g/mol. The van der Waals surface area contributed by atoms with Crippen LogP contribution >= 0.6 is 0 Å². The zero-order chi connectivity index (χ0) is 18.6. The van der Waals surface area contributed by atoms with E-state index in [1.165, 1.54) is 44.3 Å². The van der Waals surface area contributed by atoms with Gasteiger partial charge in [-0.25, -0.2) is 0 Å². The van der Waals surface area contributed by atoms with Crippen LogP contribution in [0.2, 0.25) is 0 Å². The minimum absolute atomic E-state index is 0.433. The van der Waals surface area contributed by atoms with Crippen LogP contribution in [-0.4, -0.2) is 50.7 Å². The van der Waals surface area contributed by atoms with Gasteiger partial charge in [0.1, 0.15) is 11.6 Å². The van der Waals surface area contributed by atoms with E-state index in [2.05, 4.69) is 43.7 Å². The molecule has 1 aromatic heterocycles. The lowest BCUT2D eigenvalue weighted by atomic mass is 9.96. The van der Waals surface area contributed by atoms with E-state index < -0.39 is 0 Å². The highest BCUT2D eigenvalue weighted by Crippen LogP contribution is 2.27. The van der Waals surface area contributed by atoms with Gasteiger partial charge in [0.15, 0.2) is 0 Å². The summed E-state index contributed by atoms with van der Waals surface area (Å²) in [6.45, 7) is 6.28. The molecule has 0 bridgehead atoms. The maximum Gasteiger partial charge on any atom is 0.146 e. The average molecular weight is 364 g/mol. The number of rotatable bonds is 5. The predicted molar refractivity (Wildman–Crippen MR) is 104 cm³/mol. The molecule has 2 aromatic rings. The molecule has 2 fully saturated rings. The van der Waals surface area contributed by atoms with E-state index in [0.717, 1.165) is 43.4 Å². The lowest BCUT2D eigenvalue weighted by Crippen LogP contribution is -2.35. The SMILES string of the molecule is Cn1c(CN2CCCC2)nnc1[C@H]1CCCN(Cc2cccc(C#N)c2)C1. The van der Waals surface area contributed by atoms with Gasteiger partial charge >= 0.3 is 0 Å². The normalized spacial score (nSPS) is 21.4. The molecular weight excluding hydrogens is 336 g/mol. The second-order valence-corrected chi connectivity index (χ2v) is 7.90. The number of hydrogen-bond donors (Lipinski definition) is 0. The summed E-state index contributed by atoms with van der Waals surface area (Å²) in [7, 11) is 2.12. The molecule has 142 valence electrons. The van der Waals surface area contributed by atoms with Gasteiger partial charge in [0.25, 0.3) is 0 Å². The second-order valence-electron chi connectivity index (χ2n) is 7.90. The van der Waals surface area contributed by atoms with Crippen LogP contribution in [0.5, 0.6) is 0 Å². The van der Waals surface area contributed by atoms with Gasteiger partial charge in [-0.05, 0) is 63.0 Å². The quantitative estimate of drug-likeness (QED) is 0.816. The molecule has 6 nitrogen and oxygen atoms in total. The zero-order valence-electron chi connectivity index (χ0n) is 16.1. The molecule has 1 atom stereocenters. The van der Waals surface area contributed by atoms with Crippen molar-refractivity contribution in [2.24, 2.45) is 7.05 Å². The van der Waals surface area contributed by atoms with Crippen molar-refractivity contribution in [2.75, 3.05) is 26.2 Å². The van der Waals surface area contributed by atoms with E-state index >= 15 is 0 Å². The highest BCUT2D eigenvalue weighted by Gasteiger charge is 2.26. The minimum Gasteiger partial charge on any atom is -0.317 e. The second kappa shape index (κ2) is 8.20. The highest BCUT2D eigenvalue weighted by atomic mass is 15.3. The summed E-state index contributed by atoms with van der Waals surface area (Å²) < 4.78 is 2.22. The smallest absolute Gasteiger partial charge is 0.146 e. The highest BCUT2D eigenvalue weighted by molar-refractivity contribution is 5.32. The number of likely N-dealkylation sites (tertiary alicyclic amines) is 2. The maximum atomic E-state index is 9.11. The zero-order valence-corrected chi connectivity index (χ0v) is 16.1. The first-order valence-electron chi connectivity index (χ1n) is 10.0. The van der Waals surface area contributed by atoms with Crippen LogP contribution in [0.4, 0.5) is 0 Å². The fourth-order valence-corrected chi connectivity index (χ4v) is 4.42. The molecule has 3 heterocycles. The van der Waals surface area contributed by atoms with Crippen LogP contribution in [-0.2, 0) is 20.1 Å². The Bertz CT molecular complexity index is 814. The largest absolute Gasteiger partial charge is 0.317 e. The predicted octanol–water partition coefficient (Wildman–Crippen LogP) is 2.66. The van der Waals surface area contributed by atoms with Crippen molar-refractivity contribution >= 4 is 0 Å². The summed E-state index contributed by atoms with van der Waals surface area (Å²) in [4.78, 5) is 4.96. The maximum absolute atomic E-state index is 9.11. The number of nitriles is 1. The summed E-state index contributed by atoms with van der Waals surface area (Å²) in [5.41, 5.74) is 1.95. The van der Waals surface area contributed by atoms with Crippen LogP contribution in [0, 0.1) is 11.3 Å². The van der Waals surface area contributed by atoms with Gasteiger partial charge in [-0.15, -0.1) is 10.2 Å². The molecule has 0 N–H and O–H groups in total. The van der Waals surface area contributed by atoms with E-state index in [9.17, 15) is 0 Å². The molecule has 27 heavy (non-hydrogen) atoms. The third-order valence-electron chi connectivity index (χ3n) is 5.90. The molecule has 0 radical (unpaired) electrons. The van der Waals surface area contributed by atoms with Gasteiger partial charge < -0.3 is 4.57 Å². The lowest BCUT2D eigenvalue weighted by molar-refractivity contribution is 0.195. The molecule has 0 aliphatic carbocycles. The van der Waals surface area contributed by atoms with Gasteiger partial charge in [0.2, 0.25) is 0 Å². The fraction of sp³-hybridized carbons (Fsp3) is 0.571. The van der Waals surface area contributed by atoms with Crippen LogP contribution in [0.25, 0.3) is 0 Å². The van der Waals surface area contributed by atoms with Crippen molar-refractivity contribution in [2.45, 2.75) is 44.7 Å². The van der Waals surface area contributed by atoms with Crippen molar-refractivity contribution < 1.29 is 0 Å². The molecule has 2 aliphatic rings. The molecule has 6 heteroatoms. The standard InChI is InChI=1S/C21H28N6/c1-25-20(16-26-9-2-3-10-26)23-24-21(25)19-8-5-11-27(15-19)14-18-7-4-6-17(12-18)13-22/h4,6-7,12,19H,2-3,5,8-11,14-16H2,1H3/t19-/m0/s1. The van der Waals surface area contributed by atoms with Crippen molar-refractivity contribution in [3.8, 4) is 6.07 Å². The Morgan fingerprint density at radius 3 is 2.70 bits per heavy atom. The molecule has 2 aliphatic heterocycles. The number of hydrogen-bond acceptors (Lipinski definition) is 5. The molecule has 2 saturated heterocycles. The number of aromatic nitrogens is 3. The Morgan fingerprint density at radius 1 is 1.07 bits per heavy atom. The average Bonchev–Trinajstić information content (AvgIpc) is 3.33. The summed E-state index contributed by atoms with van der Waals surface area (Å²) in [6, 6.07) is 10.2. The number of nitrogens with zero attached hydrogens (tertiary/aromatic N) is 6. The summed E-state index contributed by atoms with van der Waals surface area (Å²) in [5, 5.41) is 18.2. The third kappa shape index (κ3) is 4.20. The molecule has 0 unspecified atom stereocenters. The van der Waals surface area contributed by atoms with Gasteiger partial charge in [-0.1, -0.05) is 12.1 Å². The van der Waals surface area contributed by atoms with Crippen LogP contribution < -0.4 is 0 Å². The fourth-order valence-electron chi connectivity index (χ4n) is 4.42. The van der Waals surface area contributed by atoms with E-state index in [1.807, 2.05) is 18.2 Å². The molecule has 0 spiro atoms. The Morgan fingerprint density at radius 2 is 1.89 bits per heavy atom. The van der Waals surface area contributed by atoms with Gasteiger partial charge in [0.05, 0.1) is 18.2 Å². The van der Waals surface area contributed by atoms with E-state index in [-0.39, 0.29) is 0 Å². The van der Waals surface area contributed by atoms with Crippen molar-refractivity contribution in [1.82, 2.24) is 24.6 Å². The molecule has 0 saturated carbocycles. The summed E-state index contributed by atoms with van der Waals surface area (Å²) in [5.74, 6) is 2.65. The third-order valence-corrected chi connectivity index (χ3v) is 5.90. The van der Waals surface area contributed by atoms with Gasteiger partial charge in [-0.3, -0.25) is 9.80 Å². The Hall–Kier alpha value is -2.23.